The van der Waals surface area contributed by atoms with Gasteiger partial charge in [0.05, 0.1) is 5.52 Å². The van der Waals surface area contributed by atoms with Crippen molar-refractivity contribution in [2.45, 2.75) is 13.3 Å². The van der Waals surface area contributed by atoms with Crippen LogP contribution in [0.2, 0.25) is 5.02 Å². The molecule has 0 aliphatic rings. The van der Waals surface area contributed by atoms with Gasteiger partial charge in [-0.3, -0.25) is 0 Å². The van der Waals surface area contributed by atoms with Crippen molar-refractivity contribution in [2.75, 3.05) is 11.9 Å². The van der Waals surface area contributed by atoms with Crippen molar-refractivity contribution in [3.63, 3.8) is 0 Å². The number of pyridine rings is 1. The highest BCUT2D eigenvalue weighted by Gasteiger charge is 2.03. The van der Waals surface area contributed by atoms with Gasteiger partial charge in [-0.05, 0) is 54.8 Å². The number of aromatic nitrogens is 1. The summed E-state index contributed by atoms with van der Waals surface area (Å²) in [5.74, 6) is 0.620. The van der Waals surface area contributed by atoms with E-state index in [0.29, 0.717) is 5.02 Å². The van der Waals surface area contributed by atoms with E-state index in [-0.39, 0.29) is 5.82 Å². The highest BCUT2D eigenvalue weighted by molar-refractivity contribution is 6.31. The van der Waals surface area contributed by atoms with Gasteiger partial charge in [0.25, 0.3) is 0 Å². The van der Waals surface area contributed by atoms with Crippen LogP contribution in [0.5, 0.6) is 0 Å². The Hall–Kier alpha value is -2.13. The molecule has 0 amide bonds. The Labute approximate surface area is 134 Å². The maximum absolute atomic E-state index is 12.9. The lowest BCUT2D eigenvalue weighted by atomic mass is 10.1. The third kappa shape index (κ3) is 3.37. The van der Waals surface area contributed by atoms with Crippen molar-refractivity contribution in [3.05, 3.63) is 70.5 Å². The zero-order chi connectivity index (χ0) is 15.5. The molecule has 0 radical (unpaired) electrons. The second kappa shape index (κ2) is 6.32. The number of nitrogens with one attached hydrogen (secondary N) is 1. The van der Waals surface area contributed by atoms with E-state index in [1.165, 1.54) is 12.1 Å². The summed E-state index contributed by atoms with van der Waals surface area (Å²) in [6.45, 7) is 2.80. The van der Waals surface area contributed by atoms with Crippen molar-refractivity contribution >= 4 is 28.3 Å². The number of aryl methyl sites for hydroxylation is 1. The molecule has 0 spiro atoms. The lowest BCUT2D eigenvalue weighted by Gasteiger charge is -2.09. The van der Waals surface area contributed by atoms with Crippen molar-refractivity contribution in [1.82, 2.24) is 4.98 Å². The molecule has 3 rings (SSSR count). The van der Waals surface area contributed by atoms with Crippen LogP contribution in [-0.2, 0) is 6.42 Å². The zero-order valence-corrected chi connectivity index (χ0v) is 13.0. The molecule has 0 bridgehead atoms. The monoisotopic (exact) mass is 314 g/mol. The summed E-state index contributed by atoms with van der Waals surface area (Å²) in [5.41, 5.74) is 3.14. The number of halogens is 2. The molecule has 0 aliphatic heterocycles. The van der Waals surface area contributed by atoms with Crippen LogP contribution in [0.1, 0.15) is 11.1 Å². The smallest absolute Gasteiger partial charge is 0.126 e. The maximum Gasteiger partial charge on any atom is 0.126 e. The number of benzene rings is 2. The molecule has 0 saturated carbocycles. The quantitative estimate of drug-likeness (QED) is 0.733. The van der Waals surface area contributed by atoms with E-state index in [1.54, 1.807) is 12.1 Å². The number of hydrogen-bond acceptors (Lipinski definition) is 2. The molecule has 2 nitrogen and oxygen atoms in total. The average Bonchev–Trinajstić information content (AvgIpc) is 2.49. The Balaban J connectivity index is 1.72. The zero-order valence-electron chi connectivity index (χ0n) is 12.2. The second-order valence-electron chi connectivity index (χ2n) is 5.29. The third-order valence-electron chi connectivity index (χ3n) is 3.61. The molecular weight excluding hydrogens is 299 g/mol. The Bertz CT molecular complexity index is 800. The molecule has 0 saturated heterocycles. The number of fused-ring (bicyclic) bond motifs is 1. The highest BCUT2D eigenvalue weighted by atomic mass is 35.5. The number of hydrogen-bond donors (Lipinski definition) is 1. The number of rotatable bonds is 4. The maximum atomic E-state index is 12.9. The SMILES string of the molecule is Cc1cc(NCCc2ccc(F)cc2)nc2cc(Cl)ccc12. The Kier molecular flexibility index (Phi) is 4.25. The largest absolute Gasteiger partial charge is 0.370 e. The van der Waals surface area contributed by atoms with Gasteiger partial charge in [0, 0.05) is 17.0 Å². The molecule has 1 heterocycles. The van der Waals surface area contributed by atoms with Gasteiger partial charge < -0.3 is 5.32 Å². The molecule has 4 heteroatoms. The van der Waals surface area contributed by atoms with Gasteiger partial charge in [0.15, 0.2) is 0 Å². The Morgan fingerprint density at radius 2 is 1.86 bits per heavy atom. The lowest BCUT2D eigenvalue weighted by molar-refractivity contribution is 0.627. The van der Waals surface area contributed by atoms with Gasteiger partial charge >= 0.3 is 0 Å². The second-order valence-corrected chi connectivity index (χ2v) is 5.73. The van der Waals surface area contributed by atoms with Crippen LogP contribution >= 0.6 is 11.6 Å². The van der Waals surface area contributed by atoms with Gasteiger partial charge in [-0.15, -0.1) is 0 Å². The molecule has 1 aromatic heterocycles. The van der Waals surface area contributed by atoms with Gasteiger partial charge in [0.2, 0.25) is 0 Å². The van der Waals surface area contributed by atoms with Crippen molar-refractivity contribution in [3.8, 4) is 0 Å². The first kappa shape index (κ1) is 14.8. The van der Waals surface area contributed by atoms with E-state index in [0.717, 1.165) is 40.8 Å². The minimum Gasteiger partial charge on any atom is -0.370 e. The molecule has 0 aliphatic carbocycles. The predicted octanol–water partition coefficient (Wildman–Crippen LogP) is 4.99. The van der Waals surface area contributed by atoms with Gasteiger partial charge in [-0.1, -0.05) is 29.8 Å². The first-order chi connectivity index (χ1) is 10.6. The van der Waals surface area contributed by atoms with Crippen LogP contribution in [-0.4, -0.2) is 11.5 Å². The molecule has 0 fully saturated rings. The van der Waals surface area contributed by atoms with Gasteiger partial charge in [0.1, 0.15) is 11.6 Å². The fourth-order valence-corrected chi connectivity index (χ4v) is 2.62. The number of anilines is 1. The van der Waals surface area contributed by atoms with Crippen LogP contribution in [0, 0.1) is 12.7 Å². The van der Waals surface area contributed by atoms with Crippen LogP contribution in [0.4, 0.5) is 10.2 Å². The Morgan fingerprint density at radius 1 is 1.09 bits per heavy atom. The summed E-state index contributed by atoms with van der Waals surface area (Å²) in [6, 6.07) is 14.3. The topological polar surface area (TPSA) is 24.9 Å². The summed E-state index contributed by atoms with van der Waals surface area (Å²) in [7, 11) is 0. The van der Waals surface area contributed by atoms with Crippen LogP contribution in [0.3, 0.4) is 0 Å². The average molecular weight is 315 g/mol. The van der Waals surface area contributed by atoms with E-state index < -0.39 is 0 Å². The molecular formula is C18H16ClFN2. The first-order valence-electron chi connectivity index (χ1n) is 7.17. The third-order valence-corrected chi connectivity index (χ3v) is 3.85. The summed E-state index contributed by atoms with van der Waals surface area (Å²) in [5, 5.41) is 5.10. The standard InChI is InChI=1S/C18H16ClFN2/c1-12-10-18(22-17-11-14(19)4-7-16(12)17)21-9-8-13-2-5-15(20)6-3-13/h2-7,10-11H,8-9H2,1H3,(H,21,22). The minimum atomic E-state index is -0.208. The van der Waals surface area contributed by atoms with Crippen LogP contribution in [0.25, 0.3) is 10.9 Å². The lowest BCUT2D eigenvalue weighted by Crippen LogP contribution is -2.06. The summed E-state index contributed by atoms with van der Waals surface area (Å²) in [4.78, 5) is 4.59. The molecule has 0 atom stereocenters. The van der Waals surface area contributed by atoms with Crippen molar-refractivity contribution in [1.29, 1.82) is 0 Å². The summed E-state index contributed by atoms with van der Waals surface area (Å²) >= 11 is 6.03. The van der Waals surface area contributed by atoms with E-state index in [1.807, 2.05) is 24.3 Å². The molecule has 22 heavy (non-hydrogen) atoms. The van der Waals surface area contributed by atoms with Crippen LogP contribution in [0.15, 0.2) is 48.5 Å². The fraction of sp³-hybridized carbons (Fsp3) is 0.167. The highest BCUT2D eigenvalue weighted by Crippen LogP contribution is 2.23. The summed E-state index contributed by atoms with van der Waals surface area (Å²) in [6.07, 6.45) is 0.814. The molecule has 0 unspecified atom stereocenters. The van der Waals surface area contributed by atoms with E-state index >= 15 is 0 Å². The Morgan fingerprint density at radius 3 is 2.64 bits per heavy atom. The molecule has 1 N–H and O–H groups in total. The van der Waals surface area contributed by atoms with Crippen molar-refractivity contribution < 1.29 is 4.39 Å². The minimum absolute atomic E-state index is 0.208. The normalized spacial score (nSPS) is 10.9. The summed E-state index contributed by atoms with van der Waals surface area (Å²) < 4.78 is 12.9. The van der Waals surface area contributed by atoms with E-state index in [2.05, 4.69) is 17.2 Å². The first-order valence-corrected chi connectivity index (χ1v) is 7.55. The predicted molar refractivity (Wildman–Crippen MR) is 90.1 cm³/mol. The molecule has 112 valence electrons. The van der Waals surface area contributed by atoms with Gasteiger partial charge in [-0.25, -0.2) is 9.37 Å². The van der Waals surface area contributed by atoms with Gasteiger partial charge in [-0.2, -0.15) is 0 Å². The van der Waals surface area contributed by atoms with E-state index in [4.69, 9.17) is 11.6 Å². The van der Waals surface area contributed by atoms with E-state index in [9.17, 15) is 4.39 Å². The number of nitrogens with zero attached hydrogens (tertiary/aromatic N) is 1. The molecule has 3 aromatic rings. The fourth-order valence-electron chi connectivity index (χ4n) is 2.45. The van der Waals surface area contributed by atoms with Crippen molar-refractivity contribution in [2.24, 2.45) is 0 Å². The van der Waals surface area contributed by atoms with Crippen LogP contribution < -0.4 is 5.32 Å². The molecule has 2 aromatic carbocycles.